The van der Waals surface area contributed by atoms with Gasteiger partial charge in [0, 0.05) is 6.42 Å². The van der Waals surface area contributed by atoms with E-state index in [1.54, 1.807) is 0 Å². The van der Waals surface area contributed by atoms with Gasteiger partial charge >= 0.3 is 5.97 Å². The second kappa shape index (κ2) is 4.77. The van der Waals surface area contributed by atoms with E-state index in [0.717, 1.165) is 19.4 Å². The zero-order valence-corrected chi connectivity index (χ0v) is 9.68. The Bertz CT molecular complexity index is 323. The lowest BCUT2D eigenvalue weighted by Gasteiger charge is -2.26. The van der Waals surface area contributed by atoms with Crippen LogP contribution in [-0.2, 0) is 4.74 Å². The predicted molar refractivity (Wildman–Crippen MR) is 59.4 cm³/mol. The second-order valence-electron chi connectivity index (χ2n) is 4.06. The first-order valence-electron chi connectivity index (χ1n) is 5.31. The van der Waals surface area contributed by atoms with Crippen LogP contribution in [-0.4, -0.2) is 32.2 Å². The zero-order chi connectivity index (χ0) is 10.7. The van der Waals surface area contributed by atoms with Crippen LogP contribution in [0.25, 0.3) is 0 Å². The van der Waals surface area contributed by atoms with Crippen molar-refractivity contribution in [1.29, 1.82) is 0 Å². The molecule has 1 aliphatic heterocycles. The first-order chi connectivity index (χ1) is 7.25. The standard InChI is InChI=1S/C11H15NO2S/c1-12-6-2-4-9(8-12)14-11(13)10-5-3-7-15-10/h3,5,7,9H,2,4,6,8H2,1H3/p+1. The molecule has 2 atom stereocenters. The number of carbonyl (C=O) groups is 1. The Kier molecular flexibility index (Phi) is 3.38. The van der Waals surface area contributed by atoms with Crippen molar-refractivity contribution in [3.63, 3.8) is 0 Å². The fourth-order valence-electron chi connectivity index (χ4n) is 1.93. The SMILES string of the molecule is C[NH+]1CCCC(OC(=O)c2cccs2)C1. The highest BCUT2D eigenvalue weighted by Gasteiger charge is 2.24. The van der Waals surface area contributed by atoms with Gasteiger partial charge in [-0.25, -0.2) is 4.79 Å². The van der Waals surface area contributed by atoms with Crippen LogP contribution in [0.5, 0.6) is 0 Å². The number of esters is 1. The lowest BCUT2D eigenvalue weighted by atomic mass is 10.1. The molecule has 0 bridgehead atoms. The largest absolute Gasteiger partial charge is 0.452 e. The highest BCUT2D eigenvalue weighted by molar-refractivity contribution is 7.11. The van der Waals surface area contributed by atoms with Gasteiger partial charge in [-0.05, 0) is 17.9 Å². The van der Waals surface area contributed by atoms with E-state index in [1.807, 2.05) is 17.5 Å². The van der Waals surface area contributed by atoms with Gasteiger partial charge in [0.15, 0.2) is 6.10 Å². The van der Waals surface area contributed by atoms with E-state index in [9.17, 15) is 4.79 Å². The Morgan fingerprint density at radius 1 is 1.67 bits per heavy atom. The summed E-state index contributed by atoms with van der Waals surface area (Å²) >= 11 is 1.44. The van der Waals surface area contributed by atoms with Crippen molar-refractivity contribution in [2.24, 2.45) is 0 Å². The minimum Gasteiger partial charge on any atom is -0.452 e. The van der Waals surface area contributed by atoms with Crippen LogP contribution in [0.1, 0.15) is 22.5 Å². The number of hydrogen-bond donors (Lipinski definition) is 1. The zero-order valence-electron chi connectivity index (χ0n) is 8.86. The topological polar surface area (TPSA) is 30.7 Å². The molecule has 1 fully saturated rings. The Morgan fingerprint density at radius 3 is 3.20 bits per heavy atom. The summed E-state index contributed by atoms with van der Waals surface area (Å²) in [6, 6.07) is 3.69. The van der Waals surface area contributed by atoms with E-state index >= 15 is 0 Å². The highest BCUT2D eigenvalue weighted by atomic mass is 32.1. The van der Waals surface area contributed by atoms with Gasteiger partial charge in [-0.1, -0.05) is 6.07 Å². The highest BCUT2D eigenvalue weighted by Crippen LogP contribution is 2.13. The quantitative estimate of drug-likeness (QED) is 0.748. The number of likely N-dealkylation sites (N-methyl/N-ethyl adjacent to an activating group) is 1. The molecule has 2 heterocycles. The molecule has 0 amide bonds. The summed E-state index contributed by atoms with van der Waals surface area (Å²) in [5.41, 5.74) is 0. The molecule has 1 aromatic heterocycles. The van der Waals surface area contributed by atoms with Crippen molar-refractivity contribution in [2.75, 3.05) is 20.1 Å². The van der Waals surface area contributed by atoms with Crippen molar-refractivity contribution in [3.8, 4) is 0 Å². The minimum atomic E-state index is -0.162. The monoisotopic (exact) mass is 226 g/mol. The van der Waals surface area contributed by atoms with Gasteiger partial charge in [-0.2, -0.15) is 0 Å². The molecule has 2 unspecified atom stereocenters. The average Bonchev–Trinajstić information content (AvgIpc) is 2.70. The molecule has 82 valence electrons. The number of rotatable bonds is 2. The molecule has 1 aliphatic rings. The maximum Gasteiger partial charge on any atom is 0.348 e. The fourth-order valence-corrected chi connectivity index (χ4v) is 2.53. The number of nitrogens with one attached hydrogen (secondary N) is 1. The van der Waals surface area contributed by atoms with Crippen molar-refractivity contribution in [3.05, 3.63) is 22.4 Å². The van der Waals surface area contributed by atoms with E-state index in [-0.39, 0.29) is 12.1 Å². The molecule has 4 heteroatoms. The number of hydrogen-bond acceptors (Lipinski definition) is 3. The molecule has 0 radical (unpaired) electrons. The number of piperidine rings is 1. The Labute approximate surface area is 93.7 Å². The Hall–Kier alpha value is -0.870. The van der Waals surface area contributed by atoms with Gasteiger partial charge < -0.3 is 9.64 Å². The molecular weight excluding hydrogens is 210 g/mol. The fraction of sp³-hybridized carbons (Fsp3) is 0.545. The summed E-state index contributed by atoms with van der Waals surface area (Å²) in [6.07, 6.45) is 2.26. The molecule has 1 saturated heterocycles. The van der Waals surface area contributed by atoms with Crippen molar-refractivity contribution >= 4 is 17.3 Å². The molecule has 1 N–H and O–H groups in total. The molecule has 0 aromatic carbocycles. The number of thiophene rings is 1. The minimum absolute atomic E-state index is 0.105. The van der Waals surface area contributed by atoms with Crippen LogP contribution in [0.15, 0.2) is 17.5 Å². The third-order valence-electron chi connectivity index (χ3n) is 2.70. The van der Waals surface area contributed by atoms with Gasteiger partial charge in [0.1, 0.15) is 11.4 Å². The smallest absolute Gasteiger partial charge is 0.348 e. The van der Waals surface area contributed by atoms with Gasteiger partial charge in [-0.15, -0.1) is 11.3 Å². The third kappa shape index (κ3) is 2.79. The van der Waals surface area contributed by atoms with Crippen LogP contribution in [0.2, 0.25) is 0 Å². The van der Waals surface area contributed by atoms with E-state index < -0.39 is 0 Å². The van der Waals surface area contributed by atoms with Gasteiger partial charge in [0.05, 0.1) is 13.6 Å². The molecular formula is C11H16NO2S+. The van der Waals surface area contributed by atoms with Crippen molar-refractivity contribution < 1.29 is 14.4 Å². The van der Waals surface area contributed by atoms with Gasteiger partial charge in [-0.3, -0.25) is 0 Å². The number of ether oxygens (including phenoxy) is 1. The molecule has 15 heavy (non-hydrogen) atoms. The summed E-state index contributed by atoms with van der Waals surface area (Å²) in [6.45, 7) is 2.13. The number of carbonyl (C=O) groups excluding carboxylic acids is 1. The first-order valence-corrected chi connectivity index (χ1v) is 6.19. The normalized spacial score (nSPS) is 26.2. The van der Waals surface area contributed by atoms with Gasteiger partial charge in [0.2, 0.25) is 0 Å². The summed E-state index contributed by atoms with van der Waals surface area (Å²) in [5.74, 6) is -0.162. The third-order valence-corrected chi connectivity index (χ3v) is 3.55. The van der Waals surface area contributed by atoms with Gasteiger partial charge in [0.25, 0.3) is 0 Å². The predicted octanol–water partition coefficient (Wildman–Crippen LogP) is 0.582. The lowest BCUT2D eigenvalue weighted by Crippen LogP contribution is -3.11. The van der Waals surface area contributed by atoms with E-state index in [2.05, 4.69) is 7.05 Å². The maximum atomic E-state index is 11.7. The van der Waals surface area contributed by atoms with Crippen LogP contribution < -0.4 is 4.90 Å². The Morgan fingerprint density at radius 2 is 2.53 bits per heavy atom. The van der Waals surface area contributed by atoms with E-state index in [4.69, 9.17) is 4.74 Å². The van der Waals surface area contributed by atoms with Crippen molar-refractivity contribution in [2.45, 2.75) is 18.9 Å². The van der Waals surface area contributed by atoms with Crippen molar-refractivity contribution in [1.82, 2.24) is 0 Å². The van der Waals surface area contributed by atoms with Crippen LogP contribution >= 0.6 is 11.3 Å². The molecule has 0 spiro atoms. The number of likely N-dealkylation sites (tertiary alicyclic amines) is 1. The number of quaternary nitrogens is 1. The summed E-state index contributed by atoms with van der Waals surface area (Å²) in [4.78, 5) is 13.8. The summed E-state index contributed by atoms with van der Waals surface area (Å²) < 4.78 is 5.46. The van der Waals surface area contributed by atoms with Crippen LogP contribution in [0.4, 0.5) is 0 Å². The molecule has 0 aliphatic carbocycles. The average molecular weight is 226 g/mol. The summed E-state index contributed by atoms with van der Waals surface area (Å²) in [7, 11) is 2.14. The molecule has 2 rings (SSSR count). The van der Waals surface area contributed by atoms with E-state index in [1.165, 1.54) is 22.8 Å². The van der Waals surface area contributed by atoms with E-state index in [0.29, 0.717) is 4.88 Å². The second-order valence-corrected chi connectivity index (χ2v) is 5.01. The first kappa shape index (κ1) is 10.6. The van der Waals surface area contributed by atoms with Crippen LogP contribution in [0.3, 0.4) is 0 Å². The lowest BCUT2D eigenvalue weighted by molar-refractivity contribution is -0.888. The summed E-state index contributed by atoms with van der Waals surface area (Å²) in [5, 5.41) is 1.90. The maximum absolute atomic E-state index is 11.7. The Balaban J connectivity index is 1.89. The molecule has 1 aromatic rings. The molecule has 0 saturated carbocycles. The molecule has 3 nitrogen and oxygen atoms in total. The van der Waals surface area contributed by atoms with Crippen LogP contribution in [0, 0.1) is 0 Å².